The molecule has 0 unspecified atom stereocenters. The fourth-order valence-electron chi connectivity index (χ4n) is 0.221. The Hall–Kier alpha value is -0.220. The fraction of sp³-hybridized carbons (Fsp3) is 0.600. The van der Waals surface area contributed by atoms with Crippen molar-refractivity contribution >= 4 is 33.9 Å². The largest absolute Gasteiger partial charge is 0.344 e. The Kier molecular flexibility index (Phi) is 4.47. The summed E-state index contributed by atoms with van der Waals surface area (Å²) in [7, 11) is 3.24. The summed E-state index contributed by atoms with van der Waals surface area (Å²) in [5.74, 6) is 0. The van der Waals surface area contributed by atoms with Gasteiger partial charge in [0.25, 0.3) is 0 Å². The van der Waals surface area contributed by atoms with E-state index in [9.17, 15) is 4.79 Å². The number of rotatable bonds is 0. The topological polar surface area (TPSA) is 32.7 Å². The highest BCUT2D eigenvalue weighted by Gasteiger charge is 2.00. The summed E-state index contributed by atoms with van der Waals surface area (Å²) < 4.78 is 0.263. The van der Waals surface area contributed by atoms with E-state index >= 15 is 0 Å². The molecule has 3 nitrogen and oxygen atoms in total. The number of hydrogen-bond acceptors (Lipinski definition) is 2. The summed E-state index contributed by atoms with van der Waals surface area (Å²) in [6.07, 6.45) is 1.76. The maximum absolute atomic E-state index is 10.8. The van der Waals surface area contributed by atoms with E-state index in [4.69, 9.17) is 11.6 Å². The number of thioether (sulfide) groups is 1. The number of aliphatic imine (C=N–C) groups is 1. The van der Waals surface area contributed by atoms with Crippen LogP contribution in [-0.2, 0) is 0 Å². The Labute approximate surface area is 69.4 Å². The van der Waals surface area contributed by atoms with Crippen LogP contribution in [0.2, 0.25) is 0 Å². The Morgan fingerprint density at radius 2 is 2.10 bits per heavy atom. The van der Waals surface area contributed by atoms with E-state index in [0.717, 1.165) is 0 Å². The second-order valence-electron chi connectivity index (χ2n) is 1.75. The molecule has 0 aliphatic carbocycles. The predicted octanol–water partition coefficient (Wildman–Crippen LogP) is 1.63. The number of carbonyl (C=O) groups excluding carboxylic acids is 1. The van der Waals surface area contributed by atoms with Crippen molar-refractivity contribution < 1.29 is 4.79 Å². The van der Waals surface area contributed by atoms with Crippen LogP contribution in [0.15, 0.2) is 4.99 Å². The lowest BCUT2D eigenvalue weighted by Crippen LogP contribution is -2.17. The minimum absolute atomic E-state index is 0.263. The standard InChI is InChI=1S/C5H9ClN2OS/c1-8(2)5(9)7-4(6)10-3/h1-3H3/b7-4+. The van der Waals surface area contributed by atoms with Crippen LogP contribution in [0.25, 0.3) is 0 Å². The lowest BCUT2D eigenvalue weighted by atomic mass is 10.8. The van der Waals surface area contributed by atoms with Gasteiger partial charge in [-0.1, -0.05) is 23.4 Å². The Bertz CT molecular complexity index is 158. The highest BCUT2D eigenvalue weighted by atomic mass is 35.5. The summed E-state index contributed by atoms with van der Waals surface area (Å²) in [4.78, 5) is 15.6. The van der Waals surface area contributed by atoms with Gasteiger partial charge in [0.15, 0.2) is 4.50 Å². The first-order valence-electron chi connectivity index (χ1n) is 2.57. The van der Waals surface area contributed by atoms with Crippen LogP contribution >= 0.6 is 23.4 Å². The second kappa shape index (κ2) is 4.57. The number of urea groups is 1. The average molecular weight is 181 g/mol. The molecule has 0 aromatic rings. The second-order valence-corrected chi connectivity index (χ2v) is 3.12. The van der Waals surface area contributed by atoms with Gasteiger partial charge in [0.05, 0.1) is 0 Å². The number of amides is 2. The van der Waals surface area contributed by atoms with Crippen LogP contribution in [0.1, 0.15) is 0 Å². The molecule has 10 heavy (non-hydrogen) atoms. The highest BCUT2D eigenvalue weighted by Crippen LogP contribution is 2.03. The molecule has 0 aromatic carbocycles. The molecule has 0 heterocycles. The molecule has 0 fully saturated rings. The third-order valence-corrected chi connectivity index (χ3v) is 1.71. The zero-order valence-electron chi connectivity index (χ0n) is 6.09. The van der Waals surface area contributed by atoms with Gasteiger partial charge in [0, 0.05) is 14.1 Å². The van der Waals surface area contributed by atoms with Crippen molar-refractivity contribution in [1.29, 1.82) is 0 Å². The molecule has 0 bridgehead atoms. The van der Waals surface area contributed by atoms with Crippen LogP contribution < -0.4 is 0 Å². The van der Waals surface area contributed by atoms with Crippen LogP contribution in [0.5, 0.6) is 0 Å². The van der Waals surface area contributed by atoms with Gasteiger partial charge in [-0.3, -0.25) is 0 Å². The molecular weight excluding hydrogens is 172 g/mol. The molecule has 58 valence electrons. The Morgan fingerprint density at radius 3 is 2.40 bits per heavy atom. The van der Waals surface area contributed by atoms with Crippen molar-refractivity contribution in [3.05, 3.63) is 0 Å². The number of halogens is 1. The van der Waals surface area contributed by atoms with Crippen molar-refractivity contribution in [3.8, 4) is 0 Å². The molecule has 0 N–H and O–H groups in total. The monoisotopic (exact) mass is 180 g/mol. The van der Waals surface area contributed by atoms with Crippen molar-refractivity contribution in [2.24, 2.45) is 4.99 Å². The first-order valence-corrected chi connectivity index (χ1v) is 4.17. The first-order chi connectivity index (χ1) is 4.57. The van der Waals surface area contributed by atoms with E-state index in [0.29, 0.717) is 0 Å². The summed E-state index contributed by atoms with van der Waals surface area (Å²) in [6.45, 7) is 0. The Morgan fingerprint density at radius 1 is 1.60 bits per heavy atom. The summed E-state index contributed by atoms with van der Waals surface area (Å²) in [5.41, 5.74) is 0. The lowest BCUT2D eigenvalue weighted by molar-refractivity contribution is 0.227. The number of hydrogen-bond donors (Lipinski definition) is 0. The molecule has 5 heteroatoms. The van der Waals surface area contributed by atoms with Gasteiger partial charge in [-0.25, -0.2) is 4.79 Å². The molecule has 0 aliphatic heterocycles. The van der Waals surface area contributed by atoms with E-state index in [1.54, 1.807) is 20.4 Å². The third kappa shape index (κ3) is 3.74. The normalized spacial score (nSPS) is 11.4. The zero-order chi connectivity index (χ0) is 8.15. The quantitative estimate of drug-likeness (QED) is 0.419. The van der Waals surface area contributed by atoms with Crippen molar-refractivity contribution in [1.82, 2.24) is 4.90 Å². The average Bonchev–Trinajstić information content (AvgIpc) is 1.87. The number of nitrogens with zero attached hydrogens (tertiary/aromatic N) is 2. The van der Waals surface area contributed by atoms with Gasteiger partial charge >= 0.3 is 6.03 Å². The molecule has 0 saturated carbocycles. The fourth-order valence-corrected chi connectivity index (χ4v) is 0.463. The van der Waals surface area contributed by atoms with Gasteiger partial charge in [-0.05, 0) is 6.26 Å². The van der Waals surface area contributed by atoms with Crippen molar-refractivity contribution in [2.75, 3.05) is 20.4 Å². The molecule has 0 atom stereocenters. The lowest BCUT2D eigenvalue weighted by Gasteiger charge is -2.04. The van der Waals surface area contributed by atoms with E-state index in [2.05, 4.69) is 4.99 Å². The molecule has 0 saturated heterocycles. The minimum Gasteiger partial charge on any atom is -0.329 e. The first kappa shape index (κ1) is 9.78. The van der Waals surface area contributed by atoms with Crippen molar-refractivity contribution in [3.63, 3.8) is 0 Å². The van der Waals surface area contributed by atoms with Crippen LogP contribution in [0.4, 0.5) is 4.79 Å². The van der Waals surface area contributed by atoms with Gasteiger partial charge in [0.2, 0.25) is 0 Å². The molecule has 0 aliphatic rings. The molecule has 0 rings (SSSR count). The number of carbonyl (C=O) groups is 1. The molecule has 0 aromatic heterocycles. The minimum atomic E-state index is -0.334. The van der Waals surface area contributed by atoms with Gasteiger partial charge in [-0.2, -0.15) is 4.99 Å². The Balaban J connectivity index is 4.00. The van der Waals surface area contributed by atoms with Crippen LogP contribution in [0.3, 0.4) is 0 Å². The summed E-state index contributed by atoms with van der Waals surface area (Å²) in [6, 6.07) is -0.334. The molecule has 0 spiro atoms. The molecule has 2 amide bonds. The highest BCUT2D eigenvalue weighted by molar-refractivity contribution is 8.16. The summed E-state index contributed by atoms with van der Waals surface area (Å²) in [5, 5.41) is 0. The van der Waals surface area contributed by atoms with Gasteiger partial charge in [-0.15, -0.1) is 0 Å². The molecule has 0 radical (unpaired) electrons. The van der Waals surface area contributed by atoms with Gasteiger partial charge in [0.1, 0.15) is 0 Å². The maximum atomic E-state index is 10.8. The van der Waals surface area contributed by atoms with E-state index in [-0.39, 0.29) is 10.5 Å². The summed E-state index contributed by atoms with van der Waals surface area (Å²) >= 11 is 6.71. The zero-order valence-corrected chi connectivity index (χ0v) is 7.66. The predicted molar refractivity (Wildman–Crippen MR) is 45.9 cm³/mol. The third-order valence-electron chi connectivity index (χ3n) is 0.735. The smallest absolute Gasteiger partial charge is 0.329 e. The van der Waals surface area contributed by atoms with Gasteiger partial charge < -0.3 is 4.90 Å². The van der Waals surface area contributed by atoms with E-state index in [1.807, 2.05) is 0 Å². The van der Waals surface area contributed by atoms with Crippen molar-refractivity contribution in [2.45, 2.75) is 0 Å². The van der Waals surface area contributed by atoms with Crippen LogP contribution in [-0.4, -0.2) is 35.8 Å². The maximum Gasteiger partial charge on any atom is 0.344 e. The molecular formula is C5H9ClN2OS. The van der Waals surface area contributed by atoms with Crippen LogP contribution in [0, 0.1) is 0 Å². The SMILES string of the molecule is CS/C(Cl)=N/C(=O)N(C)C. The van der Waals surface area contributed by atoms with E-state index < -0.39 is 0 Å². The van der Waals surface area contributed by atoms with E-state index in [1.165, 1.54) is 16.7 Å².